The lowest BCUT2D eigenvalue weighted by Gasteiger charge is -2.14. The molecule has 13 heteroatoms. The highest BCUT2D eigenvalue weighted by molar-refractivity contribution is 7.86. The maximum atomic E-state index is 12.6. The lowest BCUT2D eigenvalue weighted by atomic mass is 10.3. The number of ether oxygens (including phenoxy) is 1. The normalized spacial score (nSPS) is 14.2. The number of nitrogens with zero attached hydrogens (tertiary/aromatic N) is 1. The number of halogens is 4. The van der Waals surface area contributed by atoms with E-state index in [2.05, 4.69) is 4.74 Å². The van der Waals surface area contributed by atoms with Gasteiger partial charge in [-0.25, -0.2) is 8.78 Å². The summed E-state index contributed by atoms with van der Waals surface area (Å²) in [5.41, 5.74) is -0.684. The SMILES string of the molecule is CS(=O)c1ccc(S(=O)CC(=O)OCC(F)(F)C(F)F)c([N+](=O)[O-])c1. The van der Waals surface area contributed by atoms with Gasteiger partial charge in [0.05, 0.1) is 26.5 Å². The van der Waals surface area contributed by atoms with Crippen LogP contribution in [0, 0.1) is 10.1 Å². The molecule has 0 spiro atoms. The number of benzene rings is 1. The van der Waals surface area contributed by atoms with E-state index in [1.54, 1.807) is 0 Å². The molecule has 2 atom stereocenters. The monoisotopic (exact) mass is 405 g/mol. The van der Waals surface area contributed by atoms with Crippen molar-refractivity contribution in [1.29, 1.82) is 0 Å². The minimum absolute atomic E-state index is 0.0756. The molecule has 0 fully saturated rings. The first-order chi connectivity index (χ1) is 11.5. The maximum absolute atomic E-state index is 12.6. The number of carbonyl (C=O) groups is 1. The van der Waals surface area contributed by atoms with Crippen molar-refractivity contribution < 1.29 is 40.4 Å². The Morgan fingerprint density at radius 1 is 1.36 bits per heavy atom. The topological polar surface area (TPSA) is 104 Å². The summed E-state index contributed by atoms with van der Waals surface area (Å²) < 4.78 is 76.4. The van der Waals surface area contributed by atoms with Crippen LogP contribution in [0.3, 0.4) is 0 Å². The Labute approximate surface area is 143 Å². The van der Waals surface area contributed by atoms with Crippen LogP contribution in [0.1, 0.15) is 0 Å². The highest BCUT2D eigenvalue weighted by Gasteiger charge is 2.42. The molecule has 0 amide bonds. The van der Waals surface area contributed by atoms with Crippen LogP contribution < -0.4 is 0 Å². The highest BCUT2D eigenvalue weighted by atomic mass is 32.2. The summed E-state index contributed by atoms with van der Waals surface area (Å²) in [7, 11) is -3.91. The van der Waals surface area contributed by atoms with Crippen LogP contribution in [0.4, 0.5) is 23.2 Å². The van der Waals surface area contributed by atoms with Gasteiger partial charge in [0.25, 0.3) is 5.69 Å². The third-order valence-electron chi connectivity index (χ3n) is 2.70. The number of rotatable bonds is 8. The predicted octanol–water partition coefficient (Wildman–Crippen LogP) is 1.88. The van der Waals surface area contributed by atoms with Gasteiger partial charge in [0.1, 0.15) is 10.6 Å². The summed E-state index contributed by atoms with van der Waals surface area (Å²) in [4.78, 5) is 21.1. The molecule has 7 nitrogen and oxygen atoms in total. The Morgan fingerprint density at radius 2 is 1.96 bits per heavy atom. The molecule has 2 unspecified atom stereocenters. The van der Waals surface area contributed by atoms with Gasteiger partial charge in [-0.1, -0.05) is 0 Å². The van der Waals surface area contributed by atoms with Crippen LogP contribution in [-0.4, -0.2) is 50.3 Å². The van der Waals surface area contributed by atoms with Crippen LogP contribution in [0.2, 0.25) is 0 Å². The molecule has 0 aliphatic rings. The average molecular weight is 405 g/mol. The van der Waals surface area contributed by atoms with Crippen molar-refractivity contribution in [2.75, 3.05) is 18.6 Å². The van der Waals surface area contributed by atoms with Gasteiger partial charge in [-0.15, -0.1) is 0 Å². The zero-order valence-electron chi connectivity index (χ0n) is 12.4. The van der Waals surface area contributed by atoms with Gasteiger partial charge in [0.15, 0.2) is 6.61 Å². The molecule has 0 radical (unpaired) electrons. The Bertz CT molecular complexity index is 728. The summed E-state index contributed by atoms with van der Waals surface area (Å²) in [6.45, 7) is -1.91. The fourth-order valence-electron chi connectivity index (χ4n) is 1.48. The molecular weight excluding hydrogens is 394 g/mol. The Hall–Kier alpha value is -1.89. The molecule has 0 saturated carbocycles. The molecule has 0 heterocycles. The first-order valence-corrected chi connectivity index (χ1v) is 9.15. The minimum atomic E-state index is -4.56. The smallest absolute Gasteiger partial charge is 0.340 e. The van der Waals surface area contributed by atoms with E-state index in [0.717, 1.165) is 12.1 Å². The second-order valence-electron chi connectivity index (χ2n) is 4.55. The molecule has 25 heavy (non-hydrogen) atoms. The van der Waals surface area contributed by atoms with E-state index in [9.17, 15) is 40.9 Å². The van der Waals surface area contributed by atoms with Gasteiger partial charge in [-0.05, 0) is 12.1 Å². The zero-order valence-corrected chi connectivity index (χ0v) is 14.1. The number of nitro groups is 1. The van der Waals surface area contributed by atoms with Gasteiger partial charge in [-0.3, -0.25) is 23.3 Å². The van der Waals surface area contributed by atoms with Crippen molar-refractivity contribution >= 4 is 33.3 Å². The van der Waals surface area contributed by atoms with Crippen LogP contribution in [0.25, 0.3) is 0 Å². The van der Waals surface area contributed by atoms with Crippen molar-refractivity contribution in [3.8, 4) is 0 Å². The molecule has 0 aliphatic carbocycles. The summed E-state index contributed by atoms with van der Waals surface area (Å²) >= 11 is 0. The van der Waals surface area contributed by atoms with Crippen molar-refractivity contribution in [2.24, 2.45) is 0 Å². The fraction of sp³-hybridized carbons (Fsp3) is 0.417. The molecule has 1 aromatic carbocycles. The Morgan fingerprint density at radius 3 is 2.44 bits per heavy atom. The number of esters is 1. The number of hydrogen-bond donors (Lipinski definition) is 0. The maximum Gasteiger partial charge on any atom is 0.340 e. The van der Waals surface area contributed by atoms with E-state index in [0.29, 0.717) is 0 Å². The summed E-state index contributed by atoms with van der Waals surface area (Å²) in [6.07, 6.45) is -2.79. The molecule has 140 valence electrons. The van der Waals surface area contributed by atoms with E-state index >= 15 is 0 Å². The Balaban J connectivity index is 2.88. The van der Waals surface area contributed by atoms with Gasteiger partial charge in [0, 0.05) is 17.2 Å². The van der Waals surface area contributed by atoms with E-state index < -0.39 is 67.8 Å². The average Bonchev–Trinajstić information content (AvgIpc) is 2.52. The van der Waals surface area contributed by atoms with E-state index in [1.807, 2.05) is 0 Å². The molecular formula is C12H11F4NO6S2. The standard InChI is InChI=1S/C12H11F4NO6S2/c1-24(21)7-2-3-9(8(4-7)17(19)20)25(22)5-10(18)23-6-12(15,16)11(13)14/h2-4,11H,5-6H2,1H3. The van der Waals surface area contributed by atoms with Crippen LogP contribution >= 0.6 is 0 Å². The largest absolute Gasteiger partial charge is 0.458 e. The molecule has 0 saturated heterocycles. The second-order valence-corrected chi connectivity index (χ2v) is 7.35. The number of hydrogen-bond acceptors (Lipinski definition) is 6. The summed E-state index contributed by atoms with van der Waals surface area (Å²) in [5.74, 6) is -7.10. The lowest BCUT2D eigenvalue weighted by Crippen LogP contribution is -2.34. The van der Waals surface area contributed by atoms with Crippen LogP contribution in [0.5, 0.6) is 0 Å². The third kappa shape index (κ3) is 5.85. The first kappa shape index (κ1) is 21.2. The van der Waals surface area contributed by atoms with E-state index in [1.165, 1.54) is 12.3 Å². The first-order valence-electron chi connectivity index (χ1n) is 6.27. The van der Waals surface area contributed by atoms with Crippen LogP contribution in [-0.2, 0) is 31.1 Å². The van der Waals surface area contributed by atoms with E-state index in [-0.39, 0.29) is 4.90 Å². The highest BCUT2D eigenvalue weighted by Crippen LogP contribution is 2.26. The molecule has 0 aromatic heterocycles. The second kappa shape index (κ2) is 8.47. The van der Waals surface area contributed by atoms with Gasteiger partial charge >= 0.3 is 18.3 Å². The summed E-state index contributed by atoms with van der Waals surface area (Å²) in [6, 6.07) is 3.10. The molecule has 0 aliphatic heterocycles. The lowest BCUT2D eigenvalue weighted by molar-refractivity contribution is -0.388. The molecule has 0 N–H and O–H groups in total. The zero-order chi connectivity index (χ0) is 19.4. The van der Waals surface area contributed by atoms with E-state index in [4.69, 9.17) is 0 Å². The van der Waals surface area contributed by atoms with Crippen LogP contribution in [0.15, 0.2) is 28.0 Å². The van der Waals surface area contributed by atoms with Gasteiger partial charge in [0.2, 0.25) is 0 Å². The Kier molecular flexibility index (Phi) is 7.17. The quantitative estimate of drug-likeness (QED) is 0.283. The molecule has 0 bridgehead atoms. The molecule has 1 aromatic rings. The van der Waals surface area contributed by atoms with Crippen molar-refractivity contribution in [3.05, 3.63) is 28.3 Å². The molecule has 1 rings (SSSR count). The third-order valence-corrected chi connectivity index (χ3v) is 4.95. The van der Waals surface area contributed by atoms with Crippen molar-refractivity contribution in [1.82, 2.24) is 0 Å². The van der Waals surface area contributed by atoms with Gasteiger partial charge < -0.3 is 4.74 Å². The van der Waals surface area contributed by atoms with Crippen molar-refractivity contribution in [2.45, 2.75) is 22.1 Å². The number of nitro benzene ring substituents is 1. The number of carbonyl (C=O) groups excluding carboxylic acids is 1. The van der Waals surface area contributed by atoms with Crippen molar-refractivity contribution in [3.63, 3.8) is 0 Å². The fourth-order valence-corrected chi connectivity index (χ4v) is 3.05. The minimum Gasteiger partial charge on any atom is -0.458 e. The predicted molar refractivity (Wildman–Crippen MR) is 78.6 cm³/mol. The van der Waals surface area contributed by atoms with Gasteiger partial charge in [-0.2, -0.15) is 8.78 Å². The number of alkyl halides is 4. The summed E-state index contributed by atoms with van der Waals surface area (Å²) in [5, 5.41) is 11.0.